The van der Waals surface area contributed by atoms with E-state index in [9.17, 15) is 0 Å². The third kappa shape index (κ3) is 2.62. The van der Waals surface area contributed by atoms with Gasteiger partial charge in [0.15, 0.2) is 0 Å². The molecule has 14 heavy (non-hydrogen) atoms. The molecule has 3 N–H and O–H groups in total. The lowest BCUT2D eigenvalue weighted by molar-refractivity contribution is 0.190. The maximum atomic E-state index is 8.70. The van der Waals surface area contributed by atoms with Gasteiger partial charge in [-0.1, -0.05) is 0 Å². The highest BCUT2D eigenvalue weighted by Gasteiger charge is 2.07. The number of thiophene rings is 1. The van der Waals surface area contributed by atoms with Crippen molar-refractivity contribution in [1.29, 1.82) is 5.26 Å². The highest BCUT2D eigenvalue weighted by Crippen LogP contribution is 2.28. The number of nitrogen functional groups attached to an aromatic ring is 1. The Morgan fingerprint density at radius 1 is 1.79 bits per heavy atom. The molecule has 0 saturated heterocycles. The molecule has 76 valence electrons. The van der Waals surface area contributed by atoms with Crippen molar-refractivity contribution >= 4 is 22.0 Å². The van der Waals surface area contributed by atoms with E-state index >= 15 is 0 Å². The average Bonchev–Trinajstić information content (AvgIpc) is 2.46. The maximum Gasteiger partial charge on any atom is 0.129 e. The Kier molecular flexibility index (Phi) is 3.74. The summed E-state index contributed by atoms with van der Waals surface area (Å²) in [6.07, 6.45) is 0. The molecule has 0 aliphatic carbocycles. The van der Waals surface area contributed by atoms with Crippen LogP contribution >= 0.6 is 11.3 Å². The van der Waals surface area contributed by atoms with Gasteiger partial charge in [0, 0.05) is 13.2 Å². The van der Waals surface area contributed by atoms with Crippen LogP contribution in [0, 0.1) is 11.3 Å². The van der Waals surface area contributed by atoms with E-state index < -0.39 is 0 Å². The van der Waals surface area contributed by atoms with Crippen molar-refractivity contribution in [3.8, 4) is 6.07 Å². The predicted molar refractivity (Wildman–Crippen MR) is 58.4 cm³/mol. The van der Waals surface area contributed by atoms with Crippen LogP contribution in [-0.4, -0.2) is 19.8 Å². The smallest absolute Gasteiger partial charge is 0.129 e. The molecule has 1 aromatic heterocycles. The fourth-order valence-corrected chi connectivity index (χ4v) is 1.99. The van der Waals surface area contributed by atoms with Crippen LogP contribution < -0.4 is 11.1 Å². The molecule has 0 amide bonds. The van der Waals surface area contributed by atoms with Gasteiger partial charge >= 0.3 is 0 Å². The number of hydrogen-bond acceptors (Lipinski definition) is 5. The molecule has 0 fully saturated rings. The van der Waals surface area contributed by atoms with E-state index in [0.717, 1.165) is 5.00 Å². The number of methoxy groups -OCH3 is 1. The van der Waals surface area contributed by atoms with Crippen molar-refractivity contribution < 1.29 is 4.74 Å². The van der Waals surface area contributed by atoms with Gasteiger partial charge in [0.1, 0.15) is 10.9 Å². The van der Waals surface area contributed by atoms with Crippen molar-refractivity contribution in [3.63, 3.8) is 0 Å². The minimum Gasteiger partial charge on any atom is -0.397 e. The second-order valence-corrected chi connectivity index (χ2v) is 4.06. The number of nitrogens with zero attached hydrogens (tertiary/aromatic N) is 1. The van der Waals surface area contributed by atoms with Crippen LogP contribution in [0.15, 0.2) is 6.07 Å². The maximum absolute atomic E-state index is 8.70. The number of nitrogens with one attached hydrogen (secondary N) is 1. The lowest BCUT2D eigenvalue weighted by Gasteiger charge is -2.11. The first-order valence-electron chi connectivity index (χ1n) is 4.22. The van der Waals surface area contributed by atoms with Crippen LogP contribution in [0.2, 0.25) is 0 Å². The Balaban J connectivity index is 2.64. The molecule has 1 heterocycles. The quantitative estimate of drug-likeness (QED) is 0.794. The van der Waals surface area contributed by atoms with Crippen LogP contribution in [-0.2, 0) is 4.74 Å². The molecular formula is C9H13N3OS. The average molecular weight is 211 g/mol. The van der Waals surface area contributed by atoms with Crippen molar-refractivity contribution in [2.45, 2.75) is 13.0 Å². The van der Waals surface area contributed by atoms with Gasteiger partial charge in [0.25, 0.3) is 0 Å². The molecule has 4 nitrogen and oxygen atoms in total. The molecule has 5 heteroatoms. The third-order valence-corrected chi connectivity index (χ3v) is 2.65. The minimum absolute atomic E-state index is 0.213. The van der Waals surface area contributed by atoms with Gasteiger partial charge < -0.3 is 15.8 Å². The highest BCUT2D eigenvalue weighted by molar-refractivity contribution is 7.17. The Morgan fingerprint density at radius 2 is 2.50 bits per heavy atom. The summed E-state index contributed by atoms with van der Waals surface area (Å²) >= 11 is 1.36. The van der Waals surface area contributed by atoms with Crippen molar-refractivity contribution in [2.75, 3.05) is 24.8 Å². The summed E-state index contributed by atoms with van der Waals surface area (Å²) in [5.74, 6) is 0. The SMILES string of the molecule is COCC(C)Nc1cc(N)c(C#N)s1. The van der Waals surface area contributed by atoms with Crippen LogP contribution in [0.3, 0.4) is 0 Å². The summed E-state index contributed by atoms with van der Waals surface area (Å²) < 4.78 is 4.99. The molecule has 1 unspecified atom stereocenters. The summed E-state index contributed by atoms with van der Waals surface area (Å²) in [6.45, 7) is 2.63. The number of rotatable bonds is 4. The topological polar surface area (TPSA) is 71.1 Å². The number of nitriles is 1. The van der Waals surface area contributed by atoms with E-state index in [1.807, 2.05) is 13.0 Å². The molecule has 0 bridgehead atoms. The Hall–Kier alpha value is -1.25. The van der Waals surface area contributed by atoms with E-state index in [-0.39, 0.29) is 6.04 Å². The summed E-state index contributed by atoms with van der Waals surface area (Å²) in [4.78, 5) is 0.553. The molecule has 0 aromatic carbocycles. The number of hydrogen-bond donors (Lipinski definition) is 2. The molecule has 1 atom stereocenters. The summed E-state index contributed by atoms with van der Waals surface area (Å²) in [5, 5.41) is 12.8. The lowest BCUT2D eigenvalue weighted by Crippen LogP contribution is -2.19. The zero-order valence-corrected chi connectivity index (χ0v) is 9.02. The van der Waals surface area contributed by atoms with E-state index in [1.54, 1.807) is 13.2 Å². The van der Waals surface area contributed by atoms with Crippen LogP contribution in [0.5, 0.6) is 0 Å². The zero-order valence-electron chi connectivity index (χ0n) is 8.20. The van der Waals surface area contributed by atoms with Gasteiger partial charge in [-0.2, -0.15) is 5.26 Å². The lowest BCUT2D eigenvalue weighted by atomic mass is 10.3. The Bertz CT molecular complexity index is 342. The van der Waals surface area contributed by atoms with E-state index in [2.05, 4.69) is 5.32 Å². The van der Waals surface area contributed by atoms with Gasteiger partial charge in [-0.25, -0.2) is 0 Å². The van der Waals surface area contributed by atoms with Gasteiger partial charge in [-0.15, -0.1) is 11.3 Å². The van der Waals surface area contributed by atoms with Crippen LogP contribution in [0.25, 0.3) is 0 Å². The van der Waals surface area contributed by atoms with Crippen molar-refractivity contribution in [1.82, 2.24) is 0 Å². The van der Waals surface area contributed by atoms with Crippen LogP contribution in [0.4, 0.5) is 10.7 Å². The van der Waals surface area contributed by atoms with Gasteiger partial charge in [-0.3, -0.25) is 0 Å². The molecule has 1 rings (SSSR count). The fourth-order valence-electron chi connectivity index (χ4n) is 1.10. The summed E-state index contributed by atoms with van der Waals surface area (Å²) in [5.41, 5.74) is 6.15. The normalized spacial score (nSPS) is 12.1. The molecule has 0 aliphatic rings. The molecule has 1 aromatic rings. The first-order valence-corrected chi connectivity index (χ1v) is 5.04. The first kappa shape index (κ1) is 10.8. The number of ether oxygens (including phenoxy) is 1. The molecule has 0 saturated carbocycles. The fraction of sp³-hybridized carbons (Fsp3) is 0.444. The van der Waals surface area contributed by atoms with Gasteiger partial charge in [-0.05, 0) is 13.0 Å². The predicted octanol–water partition coefficient (Wildman–Crippen LogP) is 1.65. The summed E-state index contributed by atoms with van der Waals surface area (Å²) in [6, 6.07) is 4.03. The minimum atomic E-state index is 0.213. The standard InChI is InChI=1S/C9H13N3OS/c1-6(5-13-2)12-9-3-7(11)8(4-10)14-9/h3,6,12H,5,11H2,1-2H3. The molecular weight excluding hydrogens is 198 g/mol. The van der Waals surface area contributed by atoms with Crippen LogP contribution in [0.1, 0.15) is 11.8 Å². The van der Waals surface area contributed by atoms with Gasteiger partial charge in [0.05, 0.1) is 17.3 Å². The van der Waals surface area contributed by atoms with Crippen molar-refractivity contribution in [3.05, 3.63) is 10.9 Å². The summed E-state index contributed by atoms with van der Waals surface area (Å²) in [7, 11) is 1.65. The Labute approximate surface area is 87.3 Å². The Morgan fingerprint density at radius 3 is 3.00 bits per heavy atom. The largest absolute Gasteiger partial charge is 0.397 e. The highest BCUT2D eigenvalue weighted by atomic mass is 32.1. The van der Waals surface area contributed by atoms with Crippen molar-refractivity contribution in [2.24, 2.45) is 0 Å². The second-order valence-electron chi connectivity index (χ2n) is 3.01. The monoisotopic (exact) mass is 211 g/mol. The zero-order chi connectivity index (χ0) is 10.6. The molecule has 0 radical (unpaired) electrons. The molecule has 0 spiro atoms. The molecule has 0 aliphatic heterocycles. The van der Waals surface area contributed by atoms with Gasteiger partial charge in [0.2, 0.25) is 0 Å². The number of anilines is 2. The van der Waals surface area contributed by atoms with E-state index in [4.69, 9.17) is 15.7 Å². The first-order chi connectivity index (χ1) is 6.67. The number of nitrogens with two attached hydrogens (primary N) is 1. The van der Waals surface area contributed by atoms with E-state index in [0.29, 0.717) is 17.2 Å². The second kappa shape index (κ2) is 4.84. The third-order valence-electron chi connectivity index (χ3n) is 1.67. The van der Waals surface area contributed by atoms with E-state index in [1.165, 1.54) is 11.3 Å².